The van der Waals surface area contributed by atoms with E-state index in [-0.39, 0.29) is 11.8 Å². The first-order chi connectivity index (χ1) is 17.4. The van der Waals surface area contributed by atoms with E-state index in [4.69, 9.17) is 0 Å². The average Bonchev–Trinajstić information content (AvgIpc) is 3.20. The SMILES string of the molecule is CC(=O)N(CCCN(C)C)c1ccc(N/C(=C2\C(=O)Nc3cc(C#N)ccc32)c2ccccc2)cc1. The smallest absolute Gasteiger partial charge is 0.258 e. The minimum Gasteiger partial charge on any atom is -0.354 e. The summed E-state index contributed by atoms with van der Waals surface area (Å²) in [5, 5.41) is 15.6. The van der Waals surface area contributed by atoms with Crippen LogP contribution in [0.25, 0.3) is 11.3 Å². The molecule has 1 heterocycles. The zero-order valence-electron chi connectivity index (χ0n) is 20.7. The van der Waals surface area contributed by atoms with E-state index < -0.39 is 0 Å². The normalized spacial score (nSPS) is 13.6. The zero-order chi connectivity index (χ0) is 25.7. The molecular formula is C29H29N5O2. The minimum absolute atomic E-state index is 0.00229. The van der Waals surface area contributed by atoms with E-state index in [1.807, 2.05) is 68.7 Å². The van der Waals surface area contributed by atoms with Gasteiger partial charge in [-0.3, -0.25) is 9.59 Å². The summed E-state index contributed by atoms with van der Waals surface area (Å²) in [5.41, 5.74) is 5.50. The van der Waals surface area contributed by atoms with Crippen LogP contribution in [0, 0.1) is 11.3 Å². The fourth-order valence-electron chi connectivity index (χ4n) is 4.26. The van der Waals surface area contributed by atoms with Crippen molar-refractivity contribution in [1.29, 1.82) is 5.26 Å². The number of benzene rings is 3. The Morgan fingerprint density at radius 2 is 1.72 bits per heavy atom. The van der Waals surface area contributed by atoms with Gasteiger partial charge in [-0.1, -0.05) is 36.4 Å². The summed E-state index contributed by atoms with van der Waals surface area (Å²) in [6.45, 7) is 3.12. The summed E-state index contributed by atoms with van der Waals surface area (Å²) in [6.07, 6.45) is 0.874. The van der Waals surface area contributed by atoms with E-state index in [0.717, 1.165) is 35.5 Å². The van der Waals surface area contributed by atoms with Crippen molar-refractivity contribution in [1.82, 2.24) is 4.90 Å². The lowest BCUT2D eigenvalue weighted by molar-refractivity contribution is -0.116. The molecule has 0 unspecified atom stereocenters. The second-order valence-electron chi connectivity index (χ2n) is 8.94. The Morgan fingerprint density at radius 3 is 2.36 bits per heavy atom. The van der Waals surface area contributed by atoms with Crippen molar-refractivity contribution in [2.24, 2.45) is 0 Å². The molecule has 36 heavy (non-hydrogen) atoms. The van der Waals surface area contributed by atoms with Crippen molar-refractivity contribution in [3.63, 3.8) is 0 Å². The van der Waals surface area contributed by atoms with Crippen LogP contribution in [0.15, 0.2) is 72.8 Å². The summed E-state index contributed by atoms with van der Waals surface area (Å²) in [6, 6.07) is 24.6. The van der Waals surface area contributed by atoms with Crippen LogP contribution in [0.2, 0.25) is 0 Å². The van der Waals surface area contributed by atoms with Crippen LogP contribution in [0.4, 0.5) is 17.1 Å². The summed E-state index contributed by atoms with van der Waals surface area (Å²) in [7, 11) is 4.03. The number of nitrogens with zero attached hydrogens (tertiary/aromatic N) is 3. The number of amides is 2. The zero-order valence-corrected chi connectivity index (χ0v) is 20.7. The second-order valence-corrected chi connectivity index (χ2v) is 8.94. The predicted molar refractivity (Wildman–Crippen MR) is 144 cm³/mol. The van der Waals surface area contributed by atoms with Crippen molar-refractivity contribution in [2.45, 2.75) is 13.3 Å². The highest BCUT2D eigenvalue weighted by Crippen LogP contribution is 2.38. The van der Waals surface area contributed by atoms with Gasteiger partial charge < -0.3 is 20.4 Å². The van der Waals surface area contributed by atoms with Crippen LogP contribution in [0.5, 0.6) is 0 Å². The van der Waals surface area contributed by atoms with E-state index in [1.165, 1.54) is 0 Å². The van der Waals surface area contributed by atoms with E-state index in [0.29, 0.717) is 29.1 Å². The highest BCUT2D eigenvalue weighted by molar-refractivity contribution is 6.37. The molecule has 0 saturated heterocycles. The first-order valence-corrected chi connectivity index (χ1v) is 11.8. The van der Waals surface area contributed by atoms with Crippen LogP contribution in [0.3, 0.4) is 0 Å². The number of nitriles is 1. The lowest BCUT2D eigenvalue weighted by Crippen LogP contribution is -2.31. The molecule has 0 bridgehead atoms. The Morgan fingerprint density at radius 1 is 1.00 bits per heavy atom. The molecule has 7 heteroatoms. The van der Waals surface area contributed by atoms with Crippen LogP contribution in [-0.4, -0.2) is 43.9 Å². The molecule has 2 amide bonds. The van der Waals surface area contributed by atoms with Crippen molar-refractivity contribution in [2.75, 3.05) is 42.7 Å². The largest absolute Gasteiger partial charge is 0.354 e. The van der Waals surface area contributed by atoms with Gasteiger partial charge in [-0.25, -0.2) is 0 Å². The van der Waals surface area contributed by atoms with Gasteiger partial charge >= 0.3 is 0 Å². The molecule has 4 rings (SSSR count). The first kappa shape index (κ1) is 24.7. The molecule has 0 aliphatic carbocycles. The lowest BCUT2D eigenvalue weighted by Gasteiger charge is -2.23. The quantitative estimate of drug-likeness (QED) is 0.453. The van der Waals surface area contributed by atoms with Crippen molar-refractivity contribution in [3.05, 3.63) is 89.5 Å². The monoisotopic (exact) mass is 479 g/mol. The van der Waals surface area contributed by atoms with E-state index in [1.54, 1.807) is 30.0 Å². The van der Waals surface area contributed by atoms with Gasteiger partial charge in [0.1, 0.15) is 0 Å². The van der Waals surface area contributed by atoms with Crippen molar-refractivity contribution < 1.29 is 9.59 Å². The summed E-state index contributed by atoms with van der Waals surface area (Å²) >= 11 is 0. The maximum atomic E-state index is 13.1. The Labute approximate surface area is 211 Å². The Kier molecular flexibility index (Phi) is 7.47. The van der Waals surface area contributed by atoms with E-state index in [9.17, 15) is 14.9 Å². The third-order valence-electron chi connectivity index (χ3n) is 6.02. The molecule has 0 atom stereocenters. The molecule has 0 radical (unpaired) electrons. The number of hydrogen-bond acceptors (Lipinski definition) is 5. The number of fused-ring (bicyclic) bond motifs is 1. The van der Waals surface area contributed by atoms with Crippen LogP contribution in [-0.2, 0) is 9.59 Å². The molecule has 2 N–H and O–H groups in total. The number of hydrogen-bond donors (Lipinski definition) is 2. The number of rotatable bonds is 8. The number of anilines is 3. The summed E-state index contributed by atoms with van der Waals surface area (Å²) < 4.78 is 0. The summed E-state index contributed by atoms with van der Waals surface area (Å²) in [5.74, 6) is -0.232. The molecule has 182 valence electrons. The molecular weight excluding hydrogens is 450 g/mol. The maximum absolute atomic E-state index is 13.1. The van der Waals surface area contributed by atoms with Crippen LogP contribution >= 0.6 is 0 Å². The molecule has 1 aliphatic rings. The highest BCUT2D eigenvalue weighted by Gasteiger charge is 2.28. The van der Waals surface area contributed by atoms with E-state index in [2.05, 4.69) is 21.6 Å². The van der Waals surface area contributed by atoms with Crippen molar-refractivity contribution >= 4 is 40.1 Å². The third-order valence-corrected chi connectivity index (χ3v) is 6.02. The third kappa shape index (κ3) is 5.45. The Balaban J connectivity index is 1.68. The standard InChI is InChI=1S/C29H29N5O2/c1-20(35)34(17-7-16-33(2)3)24-13-11-23(12-14-24)31-28(22-8-5-4-6-9-22)27-25-15-10-21(19-30)18-26(25)32-29(27)36/h4-6,8-15,18,31H,7,16-17H2,1-3H3,(H,32,36)/b28-27-. The topological polar surface area (TPSA) is 88.5 Å². The molecule has 0 spiro atoms. The van der Waals surface area contributed by atoms with Gasteiger partial charge in [-0.2, -0.15) is 5.26 Å². The molecule has 1 aliphatic heterocycles. The lowest BCUT2D eigenvalue weighted by atomic mass is 9.99. The molecule has 3 aromatic carbocycles. The van der Waals surface area contributed by atoms with Gasteiger partial charge in [0, 0.05) is 30.4 Å². The van der Waals surface area contributed by atoms with Crippen LogP contribution in [0.1, 0.15) is 30.0 Å². The molecule has 0 fully saturated rings. The first-order valence-electron chi connectivity index (χ1n) is 11.8. The highest BCUT2D eigenvalue weighted by atomic mass is 16.2. The number of carbonyl (C=O) groups excluding carboxylic acids is 2. The average molecular weight is 480 g/mol. The van der Waals surface area contributed by atoms with Crippen LogP contribution < -0.4 is 15.5 Å². The fourth-order valence-corrected chi connectivity index (χ4v) is 4.26. The Hall–Kier alpha value is -4.41. The van der Waals surface area contributed by atoms with Gasteiger partial charge in [0.2, 0.25) is 5.91 Å². The summed E-state index contributed by atoms with van der Waals surface area (Å²) in [4.78, 5) is 29.2. The minimum atomic E-state index is -0.230. The van der Waals surface area contributed by atoms with Gasteiger partial charge in [-0.05, 0) is 69.0 Å². The number of carbonyl (C=O) groups is 2. The van der Waals surface area contributed by atoms with Gasteiger partial charge in [0.25, 0.3) is 5.91 Å². The fraction of sp³-hybridized carbons (Fsp3) is 0.207. The van der Waals surface area contributed by atoms with Gasteiger partial charge in [-0.15, -0.1) is 0 Å². The van der Waals surface area contributed by atoms with Gasteiger partial charge in [0.15, 0.2) is 0 Å². The molecule has 0 saturated carbocycles. The predicted octanol–water partition coefficient (Wildman–Crippen LogP) is 4.80. The maximum Gasteiger partial charge on any atom is 0.258 e. The van der Waals surface area contributed by atoms with Gasteiger partial charge in [0.05, 0.1) is 28.6 Å². The van der Waals surface area contributed by atoms with E-state index >= 15 is 0 Å². The molecule has 3 aromatic rings. The second kappa shape index (κ2) is 10.9. The number of nitrogens with one attached hydrogen (secondary N) is 2. The Bertz CT molecular complexity index is 1340. The van der Waals surface area contributed by atoms with Crippen molar-refractivity contribution in [3.8, 4) is 6.07 Å². The molecule has 0 aromatic heterocycles. The molecule has 7 nitrogen and oxygen atoms in total.